The number of nitrogens with one attached hydrogen (secondary N) is 2. The van der Waals surface area contributed by atoms with Crippen molar-refractivity contribution in [2.45, 2.75) is 32.9 Å². The van der Waals surface area contributed by atoms with Gasteiger partial charge in [-0.3, -0.25) is 4.99 Å². The topological polar surface area (TPSA) is 39.7 Å². The van der Waals surface area contributed by atoms with Crippen LogP contribution in [0.3, 0.4) is 0 Å². The zero-order chi connectivity index (χ0) is 17.5. The quantitative estimate of drug-likeness (QED) is 0.631. The van der Waals surface area contributed by atoms with Crippen LogP contribution in [0.25, 0.3) is 0 Å². The molecule has 0 atom stereocenters. The molecule has 2 aromatic rings. The van der Waals surface area contributed by atoms with E-state index in [9.17, 15) is 0 Å². The average Bonchev–Trinajstić information content (AvgIpc) is 3.17. The highest BCUT2D eigenvalue weighted by atomic mass is 32.1. The zero-order valence-electron chi connectivity index (χ0n) is 15.2. The molecule has 0 aliphatic carbocycles. The van der Waals surface area contributed by atoms with Gasteiger partial charge in [-0.15, -0.1) is 0 Å². The van der Waals surface area contributed by atoms with Gasteiger partial charge < -0.3 is 15.5 Å². The Hall–Kier alpha value is -2.01. The van der Waals surface area contributed by atoms with Crippen molar-refractivity contribution in [3.63, 3.8) is 0 Å². The Labute approximate surface area is 155 Å². The average molecular weight is 357 g/mol. The highest BCUT2D eigenvalue weighted by Gasteiger charge is 2.15. The molecule has 4 nitrogen and oxygen atoms in total. The number of thiophene rings is 1. The molecular formula is C20H28N4S. The number of guanidine groups is 1. The van der Waals surface area contributed by atoms with Gasteiger partial charge in [0.25, 0.3) is 0 Å². The molecule has 1 aromatic heterocycles. The summed E-state index contributed by atoms with van der Waals surface area (Å²) < 4.78 is 0. The van der Waals surface area contributed by atoms with E-state index in [0.717, 1.165) is 25.0 Å². The Morgan fingerprint density at radius 1 is 1.08 bits per heavy atom. The van der Waals surface area contributed by atoms with Crippen LogP contribution in [0, 0.1) is 5.92 Å². The van der Waals surface area contributed by atoms with Gasteiger partial charge in [-0.05, 0) is 58.8 Å². The molecule has 25 heavy (non-hydrogen) atoms. The summed E-state index contributed by atoms with van der Waals surface area (Å²) in [5.41, 5.74) is 3.90. The fourth-order valence-electron chi connectivity index (χ4n) is 3.08. The van der Waals surface area contributed by atoms with Gasteiger partial charge in [0, 0.05) is 38.9 Å². The highest BCUT2D eigenvalue weighted by Crippen LogP contribution is 2.23. The Morgan fingerprint density at radius 2 is 1.76 bits per heavy atom. The molecule has 1 fully saturated rings. The van der Waals surface area contributed by atoms with Crippen LogP contribution < -0.4 is 15.5 Å². The number of anilines is 1. The van der Waals surface area contributed by atoms with E-state index >= 15 is 0 Å². The maximum atomic E-state index is 4.29. The fraction of sp³-hybridized carbons (Fsp3) is 0.450. The minimum Gasteiger partial charge on any atom is -0.372 e. The summed E-state index contributed by atoms with van der Waals surface area (Å²) >= 11 is 1.72. The summed E-state index contributed by atoms with van der Waals surface area (Å²) in [4.78, 5) is 6.79. The maximum Gasteiger partial charge on any atom is 0.191 e. The first-order chi connectivity index (χ1) is 12.2. The summed E-state index contributed by atoms with van der Waals surface area (Å²) in [6.07, 6.45) is 2.60. The van der Waals surface area contributed by atoms with E-state index in [0.29, 0.717) is 0 Å². The second-order valence-electron chi connectivity index (χ2n) is 6.75. The number of benzene rings is 1. The van der Waals surface area contributed by atoms with Crippen LogP contribution in [-0.4, -0.2) is 26.1 Å². The number of rotatable bonds is 5. The standard InChI is InChI=1S/C20H28N4S/c1-16-7-10-24(11-8-16)19-5-3-17(4-6-19)13-22-20(21-2)23-14-18-9-12-25-15-18/h3-6,9,12,15-16H,7-8,10-11,13-14H2,1-2H3,(H2,21,22,23). The largest absolute Gasteiger partial charge is 0.372 e. The second kappa shape index (κ2) is 8.90. The summed E-state index contributed by atoms with van der Waals surface area (Å²) in [5, 5.41) is 11.0. The highest BCUT2D eigenvalue weighted by molar-refractivity contribution is 7.07. The van der Waals surface area contributed by atoms with E-state index in [4.69, 9.17) is 0 Å². The van der Waals surface area contributed by atoms with Crippen LogP contribution in [0.15, 0.2) is 46.1 Å². The lowest BCUT2D eigenvalue weighted by Crippen LogP contribution is -2.36. The fourth-order valence-corrected chi connectivity index (χ4v) is 3.75. The van der Waals surface area contributed by atoms with E-state index in [1.54, 1.807) is 11.3 Å². The van der Waals surface area contributed by atoms with Crippen molar-refractivity contribution in [3.8, 4) is 0 Å². The first kappa shape index (κ1) is 17.8. The predicted molar refractivity (Wildman–Crippen MR) is 108 cm³/mol. The van der Waals surface area contributed by atoms with Gasteiger partial charge in [-0.1, -0.05) is 19.1 Å². The van der Waals surface area contributed by atoms with Gasteiger partial charge in [-0.2, -0.15) is 11.3 Å². The van der Waals surface area contributed by atoms with Crippen molar-refractivity contribution in [3.05, 3.63) is 52.2 Å². The van der Waals surface area contributed by atoms with Crippen LogP contribution in [-0.2, 0) is 13.1 Å². The molecule has 0 saturated carbocycles. The van der Waals surface area contributed by atoms with Gasteiger partial charge in [0.15, 0.2) is 5.96 Å². The van der Waals surface area contributed by atoms with E-state index in [1.807, 2.05) is 7.05 Å². The third-order valence-corrected chi connectivity index (χ3v) is 5.54. The number of piperidine rings is 1. The molecule has 2 N–H and O–H groups in total. The molecule has 1 aliphatic heterocycles. The van der Waals surface area contributed by atoms with Crippen molar-refractivity contribution in [1.82, 2.24) is 10.6 Å². The predicted octanol–water partition coefficient (Wildman–Crippen LogP) is 3.85. The Morgan fingerprint density at radius 3 is 2.36 bits per heavy atom. The van der Waals surface area contributed by atoms with Crippen molar-refractivity contribution in [2.75, 3.05) is 25.0 Å². The van der Waals surface area contributed by atoms with Crippen molar-refractivity contribution >= 4 is 23.0 Å². The molecule has 134 valence electrons. The lowest BCUT2D eigenvalue weighted by molar-refractivity contribution is 0.438. The molecule has 0 spiro atoms. The molecule has 0 bridgehead atoms. The summed E-state index contributed by atoms with van der Waals surface area (Å²) in [6, 6.07) is 11.0. The summed E-state index contributed by atoms with van der Waals surface area (Å²) in [5.74, 6) is 1.70. The van der Waals surface area contributed by atoms with E-state index in [-0.39, 0.29) is 0 Å². The molecule has 0 radical (unpaired) electrons. The second-order valence-corrected chi connectivity index (χ2v) is 7.53. The lowest BCUT2D eigenvalue weighted by atomic mass is 9.99. The van der Waals surface area contributed by atoms with Gasteiger partial charge in [0.1, 0.15) is 0 Å². The molecule has 3 rings (SSSR count). The molecule has 2 heterocycles. The molecular weight excluding hydrogens is 328 g/mol. The number of hydrogen-bond donors (Lipinski definition) is 2. The van der Waals surface area contributed by atoms with Gasteiger partial charge in [0.05, 0.1) is 0 Å². The van der Waals surface area contributed by atoms with Crippen LogP contribution >= 0.6 is 11.3 Å². The lowest BCUT2D eigenvalue weighted by Gasteiger charge is -2.32. The van der Waals surface area contributed by atoms with Gasteiger partial charge in [0.2, 0.25) is 0 Å². The number of aliphatic imine (C=N–C) groups is 1. The van der Waals surface area contributed by atoms with E-state index in [1.165, 1.54) is 42.7 Å². The van der Waals surface area contributed by atoms with E-state index in [2.05, 4.69) is 68.5 Å². The molecule has 0 unspecified atom stereocenters. The van der Waals surface area contributed by atoms with Crippen molar-refractivity contribution < 1.29 is 0 Å². The Bertz CT molecular complexity index is 656. The number of nitrogens with zero attached hydrogens (tertiary/aromatic N) is 2. The minimum atomic E-state index is 0.778. The van der Waals surface area contributed by atoms with Crippen molar-refractivity contribution in [2.24, 2.45) is 10.9 Å². The van der Waals surface area contributed by atoms with Gasteiger partial charge in [-0.25, -0.2) is 0 Å². The minimum absolute atomic E-state index is 0.778. The molecule has 1 saturated heterocycles. The van der Waals surface area contributed by atoms with Crippen molar-refractivity contribution in [1.29, 1.82) is 0 Å². The maximum absolute atomic E-state index is 4.29. The van der Waals surface area contributed by atoms with Crippen LogP contribution in [0.4, 0.5) is 5.69 Å². The first-order valence-corrected chi connectivity index (χ1v) is 9.98. The molecule has 1 aromatic carbocycles. The van der Waals surface area contributed by atoms with Gasteiger partial charge >= 0.3 is 0 Å². The molecule has 0 amide bonds. The Balaban J connectivity index is 1.47. The third kappa shape index (κ3) is 5.23. The smallest absolute Gasteiger partial charge is 0.191 e. The van der Waals surface area contributed by atoms with Crippen LogP contribution in [0.5, 0.6) is 0 Å². The third-order valence-electron chi connectivity index (χ3n) is 4.81. The molecule has 1 aliphatic rings. The monoisotopic (exact) mass is 356 g/mol. The summed E-state index contributed by atoms with van der Waals surface area (Å²) in [6.45, 7) is 6.29. The first-order valence-electron chi connectivity index (χ1n) is 9.04. The zero-order valence-corrected chi connectivity index (χ0v) is 16.0. The molecule has 5 heteroatoms. The van der Waals surface area contributed by atoms with Crippen LogP contribution in [0.1, 0.15) is 30.9 Å². The normalized spacial score (nSPS) is 16.1. The van der Waals surface area contributed by atoms with E-state index < -0.39 is 0 Å². The van der Waals surface area contributed by atoms with Crippen LogP contribution in [0.2, 0.25) is 0 Å². The SMILES string of the molecule is CN=C(NCc1ccc(N2CCC(C)CC2)cc1)NCc1ccsc1. The number of hydrogen-bond acceptors (Lipinski definition) is 3. The Kier molecular flexibility index (Phi) is 6.34. The summed E-state index contributed by atoms with van der Waals surface area (Å²) in [7, 11) is 1.81.